The molecule has 0 amide bonds. The van der Waals surface area contributed by atoms with E-state index in [1.165, 1.54) is 0 Å². The Balaban J connectivity index is 4.19. The van der Waals surface area contributed by atoms with Gasteiger partial charge in [-0.2, -0.15) is 0 Å². The van der Waals surface area contributed by atoms with Gasteiger partial charge in [0.05, 0.1) is 6.54 Å². The molecule has 0 saturated heterocycles. The van der Waals surface area contributed by atoms with Crippen molar-refractivity contribution < 1.29 is 0 Å². The van der Waals surface area contributed by atoms with Crippen molar-refractivity contribution in [3.63, 3.8) is 0 Å². The quantitative estimate of drug-likeness (QED) is 0.636. The average Bonchev–Trinajstić information content (AvgIpc) is 2.21. The Labute approximate surface area is 102 Å². The number of terminal acetylenes is 1. The van der Waals surface area contributed by atoms with Gasteiger partial charge in [-0.05, 0) is 24.9 Å². The SMILES string of the molecule is C#CCN(CC)C(CNCC(C)C)C(C)C. The molecule has 0 fully saturated rings. The first-order valence-electron chi connectivity index (χ1n) is 6.41. The number of nitrogens with zero attached hydrogens (tertiary/aromatic N) is 1. The molecule has 1 N–H and O–H groups in total. The molecule has 16 heavy (non-hydrogen) atoms. The van der Waals surface area contributed by atoms with Gasteiger partial charge in [0.1, 0.15) is 0 Å². The molecule has 0 heterocycles. The highest BCUT2D eigenvalue weighted by Gasteiger charge is 2.19. The fourth-order valence-corrected chi connectivity index (χ4v) is 1.89. The normalized spacial score (nSPS) is 13.4. The molecule has 0 bridgehead atoms. The van der Waals surface area contributed by atoms with Gasteiger partial charge < -0.3 is 5.32 Å². The first kappa shape index (κ1) is 15.5. The standard InChI is InChI=1S/C14H28N2/c1-7-9-16(8-2)14(13(5)6)11-15-10-12(3)4/h1,12-15H,8-11H2,2-6H3. The summed E-state index contributed by atoms with van der Waals surface area (Å²) in [4.78, 5) is 2.37. The van der Waals surface area contributed by atoms with Crippen LogP contribution in [-0.4, -0.2) is 37.1 Å². The van der Waals surface area contributed by atoms with E-state index in [0.717, 1.165) is 26.2 Å². The number of hydrogen-bond donors (Lipinski definition) is 1. The lowest BCUT2D eigenvalue weighted by Crippen LogP contribution is -2.46. The maximum Gasteiger partial charge on any atom is 0.0601 e. The molecular weight excluding hydrogens is 196 g/mol. The Morgan fingerprint density at radius 2 is 1.81 bits per heavy atom. The van der Waals surface area contributed by atoms with Gasteiger partial charge in [-0.15, -0.1) is 6.42 Å². The maximum atomic E-state index is 5.41. The maximum absolute atomic E-state index is 5.41. The zero-order chi connectivity index (χ0) is 12.6. The van der Waals surface area contributed by atoms with Crippen molar-refractivity contribution in [2.24, 2.45) is 11.8 Å². The molecule has 94 valence electrons. The van der Waals surface area contributed by atoms with E-state index in [9.17, 15) is 0 Å². The van der Waals surface area contributed by atoms with E-state index in [1.54, 1.807) is 0 Å². The minimum Gasteiger partial charge on any atom is -0.315 e. The van der Waals surface area contributed by atoms with Gasteiger partial charge >= 0.3 is 0 Å². The summed E-state index contributed by atoms with van der Waals surface area (Å²) in [6.45, 7) is 15.1. The molecule has 2 heteroatoms. The van der Waals surface area contributed by atoms with Crippen LogP contribution in [0, 0.1) is 24.2 Å². The molecule has 1 atom stereocenters. The van der Waals surface area contributed by atoms with Crippen LogP contribution in [0.4, 0.5) is 0 Å². The van der Waals surface area contributed by atoms with E-state index in [2.05, 4.69) is 50.8 Å². The minimum absolute atomic E-state index is 0.541. The van der Waals surface area contributed by atoms with Crippen molar-refractivity contribution in [2.45, 2.75) is 40.7 Å². The van der Waals surface area contributed by atoms with Gasteiger partial charge in [-0.3, -0.25) is 4.90 Å². The molecule has 0 aliphatic rings. The second-order valence-electron chi connectivity index (χ2n) is 5.13. The molecule has 0 aromatic carbocycles. The molecule has 0 aromatic heterocycles. The Morgan fingerprint density at radius 1 is 1.19 bits per heavy atom. The van der Waals surface area contributed by atoms with Crippen molar-refractivity contribution >= 4 is 0 Å². The third-order valence-corrected chi connectivity index (χ3v) is 2.85. The van der Waals surface area contributed by atoms with E-state index >= 15 is 0 Å². The summed E-state index contributed by atoms with van der Waals surface area (Å²) in [5.74, 6) is 4.09. The molecular formula is C14H28N2. The van der Waals surface area contributed by atoms with Crippen molar-refractivity contribution in [3.05, 3.63) is 0 Å². The monoisotopic (exact) mass is 224 g/mol. The first-order valence-corrected chi connectivity index (χ1v) is 6.41. The van der Waals surface area contributed by atoms with Crippen LogP contribution >= 0.6 is 0 Å². The van der Waals surface area contributed by atoms with E-state index in [0.29, 0.717) is 17.9 Å². The molecule has 1 unspecified atom stereocenters. The Morgan fingerprint density at radius 3 is 2.19 bits per heavy atom. The van der Waals surface area contributed by atoms with Crippen molar-refractivity contribution in [1.29, 1.82) is 0 Å². The lowest BCUT2D eigenvalue weighted by Gasteiger charge is -2.32. The fraction of sp³-hybridized carbons (Fsp3) is 0.857. The molecule has 0 aliphatic heterocycles. The lowest BCUT2D eigenvalue weighted by molar-refractivity contribution is 0.177. The lowest BCUT2D eigenvalue weighted by atomic mass is 10.0. The van der Waals surface area contributed by atoms with Crippen LogP contribution in [0.3, 0.4) is 0 Å². The zero-order valence-corrected chi connectivity index (χ0v) is 11.6. The summed E-state index contributed by atoms with van der Waals surface area (Å²) in [5, 5.41) is 3.53. The minimum atomic E-state index is 0.541. The molecule has 2 nitrogen and oxygen atoms in total. The number of likely N-dealkylation sites (N-methyl/N-ethyl adjacent to an activating group) is 1. The van der Waals surface area contributed by atoms with Gasteiger partial charge in [0, 0.05) is 12.6 Å². The van der Waals surface area contributed by atoms with E-state index in [1.807, 2.05) is 0 Å². The van der Waals surface area contributed by atoms with E-state index in [4.69, 9.17) is 6.42 Å². The highest BCUT2D eigenvalue weighted by atomic mass is 15.2. The largest absolute Gasteiger partial charge is 0.315 e. The zero-order valence-electron chi connectivity index (χ0n) is 11.6. The predicted octanol–water partition coefficient (Wildman–Crippen LogP) is 2.21. The van der Waals surface area contributed by atoms with Crippen LogP contribution in [0.5, 0.6) is 0 Å². The van der Waals surface area contributed by atoms with Gasteiger partial charge in [0.15, 0.2) is 0 Å². The molecule has 0 aromatic rings. The van der Waals surface area contributed by atoms with Gasteiger partial charge in [-0.1, -0.05) is 40.5 Å². The summed E-state index contributed by atoms with van der Waals surface area (Å²) in [5.41, 5.74) is 0. The topological polar surface area (TPSA) is 15.3 Å². The summed E-state index contributed by atoms with van der Waals surface area (Å²) in [6, 6.07) is 0.541. The highest BCUT2D eigenvalue weighted by molar-refractivity contribution is 4.91. The summed E-state index contributed by atoms with van der Waals surface area (Å²) >= 11 is 0. The summed E-state index contributed by atoms with van der Waals surface area (Å²) in [6.07, 6.45) is 5.41. The smallest absolute Gasteiger partial charge is 0.0601 e. The van der Waals surface area contributed by atoms with Crippen LogP contribution in [0.25, 0.3) is 0 Å². The van der Waals surface area contributed by atoms with Crippen molar-refractivity contribution in [1.82, 2.24) is 10.2 Å². The number of rotatable bonds is 8. The van der Waals surface area contributed by atoms with Gasteiger partial charge in [0.25, 0.3) is 0 Å². The van der Waals surface area contributed by atoms with Crippen LogP contribution in [0.15, 0.2) is 0 Å². The van der Waals surface area contributed by atoms with Crippen LogP contribution in [-0.2, 0) is 0 Å². The third kappa shape index (κ3) is 6.15. The Kier molecular flexibility index (Phi) is 8.33. The molecule has 0 saturated carbocycles. The number of nitrogens with one attached hydrogen (secondary N) is 1. The Bertz CT molecular complexity index is 203. The molecule has 0 spiro atoms. The third-order valence-electron chi connectivity index (χ3n) is 2.85. The molecule has 0 aliphatic carbocycles. The summed E-state index contributed by atoms with van der Waals surface area (Å²) < 4.78 is 0. The van der Waals surface area contributed by atoms with Crippen LogP contribution in [0.1, 0.15) is 34.6 Å². The van der Waals surface area contributed by atoms with Crippen molar-refractivity contribution in [3.8, 4) is 12.3 Å². The Hall–Kier alpha value is -0.520. The molecule has 0 radical (unpaired) electrons. The van der Waals surface area contributed by atoms with Gasteiger partial charge in [0.2, 0.25) is 0 Å². The fourth-order valence-electron chi connectivity index (χ4n) is 1.89. The first-order chi connectivity index (χ1) is 7.52. The van der Waals surface area contributed by atoms with Crippen LogP contribution in [0.2, 0.25) is 0 Å². The van der Waals surface area contributed by atoms with Gasteiger partial charge in [-0.25, -0.2) is 0 Å². The second kappa shape index (κ2) is 8.61. The number of hydrogen-bond acceptors (Lipinski definition) is 2. The second-order valence-corrected chi connectivity index (χ2v) is 5.13. The van der Waals surface area contributed by atoms with E-state index < -0.39 is 0 Å². The van der Waals surface area contributed by atoms with E-state index in [-0.39, 0.29) is 0 Å². The highest BCUT2D eigenvalue weighted by Crippen LogP contribution is 2.09. The predicted molar refractivity (Wildman–Crippen MR) is 72.4 cm³/mol. The molecule has 0 rings (SSSR count). The van der Waals surface area contributed by atoms with Crippen molar-refractivity contribution in [2.75, 3.05) is 26.2 Å². The summed E-state index contributed by atoms with van der Waals surface area (Å²) in [7, 11) is 0. The average molecular weight is 224 g/mol. The van der Waals surface area contributed by atoms with Crippen LogP contribution < -0.4 is 5.32 Å².